The lowest BCUT2D eigenvalue weighted by Crippen LogP contribution is -2.03. The number of rotatable bonds is 4. The van der Waals surface area contributed by atoms with E-state index in [2.05, 4.69) is 20.5 Å². The van der Waals surface area contributed by atoms with Crippen molar-refractivity contribution in [2.45, 2.75) is 13.8 Å². The summed E-state index contributed by atoms with van der Waals surface area (Å²) in [5.74, 6) is 0. The van der Waals surface area contributed by atoms with Crippen LogP contribution in [0.3, 0.4) is 0 Å². The highest BCUT2D eigenvalue weighted by molar-refractivity contribution is 7.74. The second-order valence-corrected chi connectivity index (χ2v) is 7.43. The topological polar surface area (TPSA) is 9.23 Å². The first-order chi connectivity index (χ1) is 4.18. The molecule has 2 heteroatoms. The van der Waals surface area contributed by atoms with E-state index in [0.717, 1.165) is 6.35 Å². The van der Waals surface area contributed by atoms with E-state index in [1.807, 2.05) is 0 Å². The maximum atomic E-state index is 5.14. The molecule has 0 aliphatic carbocycles. The van der Waals surface area contributed by atoms with Gasteiger partial charge in [0, 0.05) is 14.4 Å². The van der Waals surface area contributed by atoms with Crippen molar-refractivity contribution in [2.24, 2.45) is 0 Å². The SMILES string of the molecule is CC[P+](C)(CC)COC. The van der Waals surface area contributed by atoms with Crippen LogP contribution in [0.15, 0.2) is 0 Å². The van der Waals surface area contributed by atoms with Gasteiger partial charge in [0.25, 0.3) is 0 Å². The summed E-state index contributed by atoms with van der Waals surface area (Å²) in [6, 6.07) is 0. The van der Waals surface area contributed by atoms with Crippen molar-refractivity contribution >= 4 is 7.26 Å². The summed E-state index contributed by atoms with van der Waals surface area (Å²) in [5, 5.41) is 0. The van der Waals surface area contributed by atoms with Crippen LogP contribution in [0.4, 0.5) is 0 Å². The summed E-state index contributed by atoms with van der Waals surface area (Å²) < 4.78 is 5.14. The molecule has 0 amide bonds. The van der Waals surface area contributed by atoms with Gasteiger partial charge in [-0.05, 0) is 13.8 Å². The highest BCUT2D eigenvalue weighted by Gasteiger charge is 2.25. The lowest BCUT2D eigenvalue weighted by Gasteiger charge is -2.17. The van der Waals surface area contributed by atoms with Gasteiger partial charge in [-0.2, -0.15) is 0 Å². The molecule has 0 saturated carbocycles. The minimum absolute atomic E-state index is 0.653. The zero-order valence-electron chi connectivity index (χ0n) is 6.98. The van der Waals surface area contributed by atoms with E-state index in [9.17, 15) is 0 Å². The zero-order chi connectivity index (χ0) is 7.33. The van der Waals surface area contributed by atoms with Gasteiger partial charge < -0.3 is 4.74 Å². The molecule has 0 heterocycles. The van der Waals surface area contributed by atoms with Crippen LogP contribution in [0.1, 0.15) is 13.8 Å². The van der Waals surface area contributed by atoms with Crippen LogP contribution in [0, 0.1) is 0 Å². The van der Waals surface area contributed by atoms with Crippen molar-refractivity contribution in [1.82, 2.24) is 0 Å². The van der Waals surface area contributed by atoms with Crippen molar-refractivity contribution < 1.29 is 4.74 Å². The van der Waals surface area contributed by atoms with Gasteiger partial charge in [-0.3, -0.25) is 0 Å². The molecule has 0 spiro atoms. The van der Waals surface area contributed by atoms with Gasteiger partial charge in [-0.25, -0.2) is 0 Å². The highest BCUT2D eigenvalue weighted by Crippen LogP contribution is 2.53. The Balaban J connectivity index is 3.62. The summed E-state index contributed by atoms with van der Waals surface area (Å²) >= 11 is 0. The molecule has 0 aliphatic rings. The van der Waals surface area contributed by atoms with Gasteiger partial charge >= 0.3 is 0 Å². The Bertz CT molecular complexity index is 69.3. The molecule has 0 N–H and O–H groups in total. The van der Waals surface area contributed by atoms with Gasteiger partial charge in [0.2, 0.25) is 0 Å². The Hall–Kier alpha value is 0.390. The van der Waals surface area contributed by atoms with Gasteiger partial charge in [0.05, 0.1) is 19.0 Å². The predicted molar refractivity (Wildman–Crippen MR) is 45.8 cm³/mol. The van der Waals surface area contributed by atoms with E-state index in [1.165, 1.54) is 12.3 Å². The summed E-state index contributed by atoms with van der Waals surface area (Å²) in [6.45, 7) is 6.89. The third-order valence-corrected chi connectivity index (χ3v) is 5.90. The fourth-order valence-electron chi connectivity index (χ4n) is 0.718. The zero-order valence-corrected chi connectivity index (χ0v) is 7.87. The largest absolute Gasteiger partial charge is 0.350 e. The molecule has 0 rings (SSSR count). The van der Waals surface area contributed by atoms with Crippen LogP contribution in [-0.2, 0) is 4.74 Å². The molecule has 1 nitrogen and oxygen atoms in total. The van der Waals surface area contributed by atoms with Crippen LogP contribution >= 0.6 is 7.26 Å². The molecular weight excluding hydrogens is 131 g/mol. The van der Waals surface area contributed by atoms with E-state index in [0.29, 0.717) is 0 Å². The first-order valence-electron chi connectivity index (χ1n) is 3.51. The minimum atomic E-state index is -0.653. The average Bonchev–Trinajstić information content (AvgIpc) is 1.89. The molecule has 0 fully saturated rings. The predicted octanol–water partition coefficient (Wildman–Crippen LogP) is 2.28. The molecule has 0 unspecified atom stereocenters. The normalized spacial score (nSPS) is 12.0. The quantitative estimate of drug-likeness (QED) is 0.557. The molecular formula is C7H18OP+. The first-order valence-corrected chi connectivity index (χ1v) is 6.30. The number of methoxy groups -OCH3 is 1. The van der Waals surface area contributed by atoms with Gasteiger partial charge in [-0.15, -0.1) is 0 Å². The number of hydrogen-bond acceptors (Lipinski definition) is 1. The summed E-state index contributed by atoms with van der Waals surface area (Å²) in [7, 11) is 1.14. The van der Waals surface area contributed by atoms with Crippen molar-refractivity contribution in [1.29, 1.82) is 0 Å². The lowest BCUT2D eigenvalue weighted by atomic mass is 11.0. The fourth-order valence-corrected chi connectivity index (χ4v) is 2.15. The molecule has 9 heavy (non-hydrogen) atoms. The summed E-state index contributed by atoms with van der Waals surface area (Å²) in [4.78, 5) is 0. The molecule has 0 aromatic heterocycles. The number of hydrogen-bond donors (Lipinski definition) is 0. The Morgan fingerprint density at radius 2 is 1.67 bits per heavy atom. The fraction of sp³-hybridized carbons (Fsp3) is 1.00. The molecule has 0 atom stereocenters. The summed E-state index contributed by atoms with van der Waals surface area (Å²) in [6.07, 6.45) is 3.63. The monoisotopic (exact) mass is 149 g/mol. The van der Waals surface area contributed by atoms with Gasteiger partial charge in [0.15, 0.2) is 6.35 Å². The maximum Gasteiger partial charge on any atom is 0.156 e. The maximum absolute atomic E-state index is 5.14. The molecule has 0 bridgehead atoms. The van der Waals surface area contributed by atoms with Gasteiger partial charge in [-0.1, -0.05) is 0 Å². The van der Waals surface area contributed by atoms with E-state index in [-0.39, 0.29) is 0 Å². The standard InChI is InChI=1S/C7H18OP/c1-5-9(4,6-2)7-8-3/h5-7H2,1-4H3/q+1. The Morgan fingerprint density at radius 3 is 1.78 bits per heavy atom. The lowest BCUT2D eigenvalue weighted by molar-refractivity contribution is 0.253. The first kappa shape index (κ1) is 9.39. The smallest absolute Gasteiger partial charge is 0.156 e. The van der Waals surface area contributed by atoms with Crippen LogP contribution in [0.2, 0.25) is 0 Å². The van der Waals surface area contributed by atoms with E-state index in [4.69, 9.17) is 4.74 Å². The molecule has 0 radical (unpaired) electrons. The summed E-state index contributed by atoms with van der Waals surface area (Å²) in [5.41, 5.74) is 0. The Morgan fingerprint density at radius 1 is 1.22 bits per heavy atom. The van der Waals surface area contributed by atoms with Gasteiger partial charge in [0.1, 0.15) is 0 Å². The van der Waals surface area contributed by atoms with E-state index < -0.39 is 7.26 Å². The van der Waals surface area contributed by atoms with Crippen molar-refractivity contribution in [3.05, 3.63) is 0 Å². The van der Waals surface area contributed by atoms with Crippen LogP contribution in [-0.4, -0.2) is 32.4 Å². The van der Waals surface area contributed by atoms with Crippen LogP contribution in [0.5, 0.6) is 0 Å². The van der Waals surface area contributed by atoms with Crippen LogP contribution < -0.4 is 0 Å². The van der Waals surface area contributed by atoms with Crippen LogP contribution in [0.25, 0.3) is 0 Å². The number of ether oxygens (including phenoxy) is 1. The van der Waals surface area contributed by atoms with E-state index in [1.54, 1.807) is 7.11 Å². The van der Waals surface area contributed by atoms with Crippen molar-refractivity contribution in [3.63, 3.8) is 0 Å². The molecule has 0 aromatic carbocycles. The molecule has 56 valence electrons. The Labute approximate surface area is 59.1 Å². The van der Waals surface area contributed by atoms with Crippen molar-refractivity contribution in [2.75, 3.05) is 32.4 Å². The third-order valence-electron chi connectivity index (χ3n) is 1.97. The van der Waals surface area contributed by atoms with E-state index >= 15 is 0 Å². The third kappa shape index (κ3) is 3.17. The molecule has 0 aliphatic heterocycles. The van der Waals surface area contributed by atoms with Crippen molar-refractivity contribution in [3.8, 4) is 0 Å². The Kier molecular flexibility index (Phi) is 4.43. The molecule has 0 aromatic rings. The minimum Gasteiger partial charge on any atom is -0.350 e. The highest BCUT2D eigenvalue weighted by atomic mass is 31.2. The second-order valence-electron chi connectivity index (χ2n) is 2.67. The second kappa shape index (κ2) is 4.24. The average molecular weight is 149 g/mol. The molecule has 0 saturated heterocycles.